The van der Waals surface area contributed by atoms with Crippen LogP contribution in [0.4, 0.5) is 11.4 Å². The van der Waals surface area contributed by atoms with Gasteiger partial charge in [-0.15, -0.1) is 0 Å². The van der Waals surface area contributed by atoms with Gasteiger partial charge in [-0.25, -0.2) is 4.98 Å². The lowest BCUT2D eigenvalue weighted by Gasteiger charge is -2.05. The molecule has 0 fully saturated rings. The average molecular weight is 276 g/mol. The summed E-state index contributed by atoms with van der Waals surface area (Å²) >= 11 is 0. The van der Waals surface area contributed by atoms with Gasteiger partial charge in [-0.05, 0) is 12.1 Å². The Hall–Kier alpha value is -2.97. The smallest absolute Gasteiger partial charge is 0.304 e. The van der Waals surface area contributed by atoms with Gasteiger partial charge in [-0.1, -0.05) is 6.07 Å². The van der Waals surface area contributed by atoms with Crippen molar-refractivity contribution in [1.82, 2.24) is 20.1 Å². The third-order valence-electron chi connectivity index (χ3n) is 2.55. The Labute approximate surface area is 113 Å². The van der Waals surface area contributed by atoms with E-state index in [4.69, 9.17) is 5.73 Å². The van der Waals surface area contributed by atoms with Gasteiger partial charge in [-0.2, -0.15) is 5.10 Å². The van der Waals surface area contributed by atoms with E-state index < -0.39 is 16.5 Å². The normalized spacial score (nSPS) is 10.2. The molecule has 1 aromatic carbocycles. The molecule has 2 rings (SSSR count). The molecule has 1 amide bonds. The van der Waals surface area contributed by atoms with Crippen molar-refractivity contribution in [3.05, 3.63) is 46.0 Å². The van der Waals surface area contributed by atoms with E-state index in [1.807, 2.05) is 0 Å². The molecule has 0 atom stereocenters. The van der Waals surface area contributed by atoms with Crippen LogP contribution in [-0.2, 0) is 13.6 Å². The van der Waals surface area contributed by atoms with Crippen LogP contribution in [-0.4, -0.2) is 25.6 Å². The minimum atomic E-state index is -0.677. The Kier molecular flexibility index (Phi) is 3.60. The number of anilines is 1. The molecule has 3 N–H and O–H groups in total. The molecular weight excluding hydrogens is 264 g/mol. The zero-order chi connectivity index (χ0) is 14.7. The lowest BCUT2D eigenvalue weighted by atomic mass is 10.1. The number of para-hydroxylation sites is 1. The Morgan fingerprint density at radius 1 is 1.55 bits per heavy atom. The maximum absolute atomic E-state index is 12.0. The van der Waals surface area contributed by atoms with Crippen molar-refractivity contribution in [2.75, 3.05) is 5.73 Å². The van der Waals surface area contributed by atoms with Crippen molar-refractivity contribution in [2.45, 2.75) is 6.54 Å². The van der Waals surface area contributed by atoms with Crippen molar-refractivity contribution in [3.63, 3.8) is 0 Å². The molecule has 2 aromatic rings. The first-order valence-electron chi connectivity index (χ1n) is 5.64. The standard InChI is InChI=1S/C11H12N6O3/c1-16-6-14-9(15-16)5-13-11(18)7-3-2-4-8(12)10(7)17(19)20/h2-4,6H,5,12H2,1H3,(H,13,18). The number of nitrogens with zero attached hydrogens (tertiary/aromatic N) is 4. The number of carbonyl (C=O) groups is 1. The highest BCUT2D eigenvalue weighted by molar-refractivity contribution is 6.00. The number of nitrogen functional groups attached to an aromatic ring is 1. The van der Waals surface area contributed by atoms with E-state index >= 15 is 0 Å². The monoisotopic (exact) mass is 276 g/mol. The van der Waals surface area contributed by atoms with E-state index in [0.29, 0.717) is 5.82 Å². The quantitative estimate of drug-likeness (QED) is 0.467. The van der Waals surface area contributed by atoms with Crippen LogP contribution in [0.3, 0.4) is 0 Å². The highest BCUT2D eigenvalue weighted by atomic mass is 16.6. The topological polar surface area (TPSA) is 129 Å². The maximum Gasteiger partial charge on any atom is 0.304 e. The van der Waals surface area contributed by atoms with Gasteiger partial charge < -0.3 is 11.1 Å². The minimum absolute atomic E-state index is 0.0568. The number of hydrogen-bond acceptors (Lipinski definition) is 6. The predicted molar refractivity (Wildman–Crippen MR) is 69.7 cm³/mol. The second-order valence-corrected chi connectivity index (χ2v) is 4.02. The molecule has 9 heteroatoms. The number of rotatable bonds is 4. The molecule has 0 unspecified atom stereocenters. The van der Waals surface area contributed by atoms with Gasteiger partial charge in [-0.3, -0.25) is 19.6 Å². The number of carbonyl (C=O) groups excluding carboxylic acids is 1. The number of nitro benzene ring substituents is 1. The molecule has 0 spiro atoms. The van der Waals surface area contributed by atoms with Crippen molar-refractivity contribution >= 4 is 17.3 Å². The number of nitrogens with one attached hydrogen (secondary N) is 1. The number of aryl methyl sites for hydroxylation is 1. The summed E-state index contributed by atoms with van der Waals surface area (Å²) in [6.45, 7) is 0.0750. The third-order valence-corrected chi connectivity index (χ3v) is 2.55. The van der Waals surface area contributed by atoms with Crippen LogP contribution in [0.1, 0.15) is 16.2 Å². The van der Waals surface area contributed by atoms with Gasteiger partial charge in [0.05, 0.1) is 11.5 Å². The molecule has 20 heavy (non-hydrogen) atoms. The van der Waals surface area contributed by atoms with E-state index in [-0.39, 0.29) is 17.8 Å². The van der Waals surface area contributed by atoms with Gasteiger partial charge in [0.25, 0.3) is 5.91 Å². The zero-order valence-electron chi connectivity index (χ0n) is 10.6. The molecular formula is C11H12N6O3. The second kappa shape index (κ2) is 5.34. The highest BCUT2D eigenvalue weighted by Crippen LogP contribution is 2.25. The molecule has 0 saturated heterocycles. The van der Waals surface area contributed by atoms with Crippen LogP contribution in [0.5, 0.6) is 0 Å². The largest absolute Gasteiger partial charge is 0.393 e. The summed E-state index contributed by atoms with van der Waals surface area (Å²) in [5, 5.41) is 17.4. The van der Waals surface area contributed by atoms with Gasteiger partial charge in [0.1, 0.15) is 17.6 Å². The first-order valence-corrected chi connectivity index (χ1v) is 5.64. The zero-order valence-corrected chi connectivity index (χ0v) is 10.6. The highest BCUT2D eigenvalue weighted by Gasteiger charge is 2.23. The van der Waals surface area contributed by atoms with Crippen LogP contribution in [0.2, 0.25) is 0 Å². The van der Waals surface area contributed by atoms with Crippen molar-refractivity contribution in [3.8, 4) is 0 Å². The number of benzene rings is 1. The Morgan fingerprint density at radius 3 is 2.90 bits per heavy atom. The number of hydrogen-bond donors (Lipinski definition) is 2. The Morgan fingerprint density at radius 2 is 2.30 bits per heavy atom. The van der Waals surface area contributed by atoms with Crippen LogP contribution in [0, 0.1) is 10.1 Å². The second-order valence-electron chi connectivity index (χ2n) is 4.02. The summed E-state index contributed by atoms with van der Waals surface area (Å²) in [5.74, 6) is -0.191. The number of amides is 1. The summed E-state index contributed by atoms with van der Waals surface area (Å²) < 4.78 is 1.49. The van der Waals surface area contributed by atoms with Crippen LogP contribution in [0.15, 0.2) is 24.5 Å². The van der Waals surface area contributed by atoms with E-state index in [2.05, 4.69) is 15.4 Å². The van der Waals surface area contributed by atoms with Crippen LogP contribution in [0.25, 0.3) is 0 Å². The molecule has 104 valence electrons. The van der Waals surface area contributed by atoms with Gasteiger partial charge in [0, 0.05) is 7.05 Å². The summed E-state index contributed by atoms with van der Waals surface area (Å²) in [5.41, 5.74) is 4.97. The molecule has 0 aliphatic carbocycles. The van der Waals surface area contributed by atoms with Gasteiger partial charge in [0.15, 0.2) is 5.82 Å². The van der Waals surface area contributed by atoms with Crippen molar-refractivity contribution in [1.29, 1.82) is 0 Å². The van der Waals surface area contributed by atoms with E-state index in [0.717, 1.165) is 0 Å². The van der Waals surface area contributed by atoms with Crippen LogP contribution < -0.4 is 11.1 Å². The predicted octanol–water partition coefficient (Wildman–Crippen LogP) is 0.235. The SMILES string of the molecule is Cn1cnc(CNC(=O)c2cccc(N)c2[N+](=O)[O-])n1. The molecule has 1 heterocycles. The average Bonchev–Trinajstić information content (AvgIpc) is 2.81. The molecule has 0 radical (unpaired) electrons. The molecule has 9 nitrogen and oxygen atoms in total. The fraction of sp³-hybridized carbons (Fsp3) is 0.182. The molecule has 0 aliphatic rings. The minimum Gasteiger partial charge on any atom is -0.393 e. The molecule has 1 aromatic heterocycles. The summed E-state index contributed by atoms with van der Waals surface area (Å²) in [7, 11) is 1.70. The summed E-state index contributed by atoms with van der Waals surface area (Å²) in [6.07, 6.45) is 1.49. The third kappa shape index (κ3) is 2.71. The van der Waals surface area contributed by atoms with Crippen LogP contribution >= 0.6 is 0 Å². The molecule has 0 saturated carbocycles. The number of aromatic nitrogens is 3. The molecule has 0 aliphatic heterocycles. The fourth-order valence-electron chi connectivity index (χ4n) is 1.67. The Bertz CT molecular complexity index is 666. The first kappa shape index (κ1) is 13.5. The number of nitrogens with two attached hydrogens (primary N) is 1. The fourth-order valence-corrected chi connectivity index (χ4v) is 1.67. The lowest BCUT2D eigenvalue weighted by Crippen LogP contribution is -2.24. The summed E-state index contributed by atoms with van der Waals surface area (Å²) in [6, 6.07) is 4.20. The first-order chi connectivity index (χ1) is 9.49. The lowest BCUT2D eigenvalue weighted by molar-refractivity contribution is -0.384. The van der Waals surface area contributed by atoms with Crippen molar-refractivity contribution in [2.24, 2.45) is 7.05 Å². The van der Waals surface area contributed by atoms with E-state index in [1.54, 1.807) is 7.05 Å². The summed E-state index contributed by atoms with van der Waals surface area (Å²) in [4.78, 5) is 26.2. The Balaban J connectivity index is 2.17. The van der Waals surface area contributed by atoms with E-state index in [9.17, 15) is 14.9 Å². The van der Waals surface area contributed by atoms with E-state index in [1.165, 1.54) is 29.2 Å². The molecule has 0 bridgehead atoms. The number of nitro groups is 1. The van der Waals surface area contributed by atoms with Crippen molar-refractivity contribution < 1.29 is 9.72 Å². The van der Waals surface area contributed by atoms with Gasteiger partial charge >= 0.3 is 5.69 Å². The maximum atomic E-state index is 12.0. The van der Waals surface area contributed by atoms with Gasteiger partial charge in [0.2, 0.25) is 0 Å².